The summed E-state index contributed by atoms with van der Waals surface area (Å²) >= 11 is 3.14. The zero-order chi connectivity index (χ0) is 13.8. The Morgan fingerprint density at radius 3 is 2.67 bits per heavy atom. The van der Waals surface area contributed by atoms with Crippen LogP contribution in [0, 0.1) is 0 Å². The first-order chi connectivity index (χ1) is 8.30. The minimum absolute atomic E-state index is 0.145. The van der Waals surface area contributed by atoms with Gasteiger partial charge in [-0.3, -0.25) is 9.59 Å². The van der Waals surface area contributed by atoms with Gasteiger partial charge in [-0.2, -0.15) is 0 Å². The summed E-state index contributed by atoms with van der Waals surface area (Å²) in [7, 11) is 0. The Balaban J connectivity index is 2.55. The molecule has 0 fully saturated rings. The number of carboxylic acid groups (broad SMARTS) is 1. The number of aliphatic hydroxyl groups is 1. The molecule has 98 valence electrons. The number of hydrogen-bond acceptors (Lipinski definition) is 4. The second kappa shape index (κ2) is 5.92. The second-order valence-electron chi connectivity index (χ2n) is 4.12. The number of pyridine rings is 1. The number of hydrogen-bond donors (Lipinski definition) is 3. The molecule has 1 rings (SSSR count). The molecule has 0 saturated heterocycles. The lowest BCUT2D eigenvalue weighted by Gasteiger charge is -2.21. The van der Waals surface area contributed by atoms with Crippen molar-refractivity contribution in [3.8, 4) is 0 Å². The van der Waals surface area contributed by atoms with Crippen LogP contribution in [0.4, 0.5) is 0 Å². The zero-order valence-electron chi connectivity index (χ0n) is 9.68. The van der Waals surface area contributed by atoms with Gasteiger partial charge < -0.3 is 15.5 Å². The maximum Gasteiger partial charge on any atom is 0.306 e. The van der Waals surface area contributed by atoms with Crippen molar-refractivity contribution in [2.24, 2.45) is 0 Å². The fourth-order valence-corrected chi connectivity index (χ4v) is 1.51. The molecular formula is C11H13BrN2O4. The van der Waals surface area contributed by atoms with Gasteiger partial charge in [-0.1, -0.05) is 0 Å². The number of halogens is 1. The molecular weight excluding hydrogens is 304 g/mol. The van der Waals surface area contributed by atoms with Crippen LogP contribution in [0.25, 0.3) is 0 Å². The molecule has 6 nitrogen and oxygen atoms in total. The van der Waals surface area contributed by atoms with E-state index in [9.17, 15) is 14.7 Å². The van der Waals surface area contributed by atoms with Crippen LogP contribution >= 0.6 is 15.9 Å². The Labute approximate surface area is 112 Å². The normalized spacial score (nSPS) is 13.7. The summed E-state index contributed by atoms with van der Waals surface area (Å²) < 4.78 is 0.608. The molecule has 0 radical (unpaired) electrons. The van der Waals surface area contributed by atoms with Gasteiger partial charge in [0.05, 0.1) is 17.6 Å². The first kappa shape index (κ1) is 14.6. The van der Waals surface area contributed by atoms with E-state index in [4.69, 9.17) is 5.11 Å². The molecule has 1 atom stereocenters. The molecule has 1 unspecified atom stereocenters. The van der Waals surface area contributed by atoms with Crippen LogP contribution in [0.1, 0.15) is 23.7 Å². The van der Waals surface area contributed by atoms with E-state index in [0.717, 1.165) is 0 Å². The van der Waals surface area contributed by atoms with Crippen LogP contribution in [0.3, 0.4) is 0 Å². The predicted octanol–water partition coefficient (Wildman–Crippen LogP) is 0.800. The molecule has 1 heterocycles. The van der Waals surface area contributed by atoms with Crippen LogP contribution in [0.5, 0.6) is 0 Å². The third-order valence-corrected chi connectivity index (χ3v) is 2.62. The van der Waals surface area contributed by atoms with Crippen LogP contribution in [0.2, 0.25) is 0 Å². The van der Waals surface area contributed by atoms with Crippen LogP contribution in [-0.4, -0.2) is 39.2 Å². The van der Waals surface area contributed by atoms with E-state index < -0.39 is 23.9 Å². The predicted molar refractivity (Wildman–Crippen MR) is 67.1 cm³/mol. The number of aliphatic carboxylic acids is 1. The lowest BCUT2D eigenvalue weighted by molar-refractivity contribution is -0.141. The quantitative estimate of drug-likeness (QED) is 0.698. The van der Waals surface area contributed by atoms with E-state index in [2.05, 4.69) is 26.2 Å². The minimum Gasteiger partial charge on any atom is -0.481 e. The Bertz CT molecular complexity index is 445. The van der Waals surface area contributed by atoms with Crippen LogP contribution in [-0.2, 0) is 4.79 Å². The topological polar surface area (TPSA) is 99.5 Å². The first-order valence-electron chi connectivity index (χ1n) is 5.14. The molecule has 1 amide bonds. The fraction of sp³-hybridized carbons (Fsp3) is 0.364. The summed E-state index contributed by atoms with van der Waals surface area (Å²) in [4.78, 5) is 26.0. The summed E-state index contributed by atoms with van der Waals surface area (Å²) in [6.07, 6.45) is 0.942. The molecule has 0 spiro atoms. The van der Waals surface area contributed by atoms with Gasteiger partial charge in [0.15, 0.2) is 0 Å². The van der Waals surface area contributed by atoms with Gasteiger partial charge in [0.25, 0.3) is 5.91 Å². The summed E-state index contributed by atoms with van der Waals surface area (Å²) in [5.41, 5.74) is -1.14. The standard InChI is InChI=1S/C11H13BrN2O4/c1-11(18,4-9(15)16)6-14-10(17)7-2-3-8(12)13-5-7/h2-3,5,18H,4,6H2,1H3,(H,14,17)(H,15,16). The molecule has 0 aliphatic rings. The monoisotopic (exact) mass is 316 g/mol. The Morgan fingerprint density at radius 1 is 1.50 bits per heavy atom. The molecule has 0 bridgehead atoms. The fourth-order valence-electron chi connectivity index (χ4n) is 1.27. The highest BCUT2D eigenvalue weighted by atomic mass is 79.9. The number of rotatable bonds is 5. The van der Waals surface area contributed by atoms with Gasteiger partial charge in [0.1, 0.15) is 4.60 Å². The summed E-state index contributed by atoms with van der Waals surface area (Å²) in [6, 6.07) is 3.18. The van der Waals surface area contributed by atoms with Crippen molar-refractivity contribution in [1.82, 2.24) is 10.3 Å². The molecule has 3 N–H and O–H groups in total. The van der Waals surface area contributed by atoms with E-state index in [0.29, 0.717) is 10.2 Å². The van der Waals surface area contributed by atoms with Crippen molar-refractivity contribution in [2.45, 2.75) is 18.9 Å². The van der Waals surface area contributed by atoms with E-state index in [1.165, 1.54) is 13.1 Å². The van der Waals surface area contributed by atoms with Gasteiger partial charge in [-0.15, -0.1) is 0 Å². The van der Waals surface area contributed by atoms with Crippen molar-refractivity contribution in [2.75, 3.05) is 6.54 Å². The van der Waals surface area contributed by atoms with Gasteiger partial charge in [-0.25, -0.2) is 4.98 Å². The van der Waals surface area contributed by atoms with Gasteiger partial charge in [0, 0.05) is 12.7 Å². The Morgan fingerprint density at radius 2 is 2.17 bits per heavy atom. The van der Waals surface area contributed by atoms with Crippen molar-refractivity contribution in [1.29, 1.82) is 0 Å². The Hall–Kier alpha value is -1.47. The number of carboxylic acids is 1. The highest BCUT2D eigenvalue weighted by molar-refractivity contribution is 9.10. The molecule has 1 aromatic heterocycles. The van der Waals surface area contributed by atoms with Crippen molar-refractivity contribution in [3.63, 3.8) is 0 Å². The number of nitrogens with one attached hydrogen (secondary N) is 1. The van der Waals surface area contributed by atoms with Crippen LogP contribution < -0.4 is 5.32 Å². The molecule has 0 aromatic carbocycles. The summed E-state index contributed by atoms with van der Waals surface area (Å²) in [5.74, 6) is -1.54. The highest BCUT2D eigenvalue weighted by Crippen LogP contribution is 2.09. The lowest BCUT2D eigenvalue weighted by Crippen LogP contribution is -2.42. The zero-order valence-corrected chi connectivity index (χ0v) is 11.3. The van der Waals surface area contributed by atoms with Crippen molar-refractivity contribution >= 4 is 27.8 Å². The number of carbonyl (C=O) groups excluding carboxylic acids is 1. The van der Waals surface area contributed by atoms with E-state index in [1.54, 1.807) is 12.1 Å². The van der Waals surface area contributed by atoms with Gasteiger partial charge in [0.2, 0.25) is 0 Å². The van der Waals surface area contributed by atoms with Crippen molar-refractivity contribution in [3.05, 3.63) is 28.5 Å². The third-order valence-electron chi connectivity index (χ3n) is 2.15. The van der Waals surface area contributed by atoms with Crippen molar-refractivity contribution < 1.29 is 19.8 Å². The Kier molecular flexibility index (Phi) is 4.80. The second-order valence-corrected chi connectivity index (χ2v) is 4.93. The molecule has 18 heavy (non-hydrogen) atoms. The largest absolute Gasteiger partial charge is 0.481 e. The molecule has 1 aromatic rings. The average molecular weight is 317 g/mol. The minimum atomic E-state index is -1.48. The molecule has 7 heteroatoms. The summed E-state index contributed by atoms with van der Waals surface area (Å²) in [6.45, 7) is 1.20. The number of carbonyl (C=O) groups is 2. The van der Waals surface area contributed by atoms with Gasteiger partial charge >= 0.3 is 5.97 Å². The SMILES string of the molecule is CC(O)(CNC(=O)c1ccc(Br)nc1)CC(=O)O. The van der Waals surface area contributed by atoms with E-state index >= 15 is 0 Å². The van der Waals surface area contributed by atoms with Crippen LogP contribution in [0.15, 0.2) is 22.9 Å². The van der Waals surface area contributed by atoms with Gasteiger partial charge in [-0.05, 0) is 35.0 Å². The van der Waals surface area contributed by atoms with E-state index in [1.807, 2.05) is 0 Å². The third kappa shape index (κ3) is 4.80. The maximum absolute atomic E-state index is 11.7. The lowest BCUT2D eigenvalue weighted by atomic mass is 10.0. The highest BCUT2D eigenvalue weighted by Gasteiger charge is 2.25. The summed E-state index contributed by atoms with van der Waals surface area (Å²) in [5, 5.41) is 20.7. The number of amides is 1. The number of nitrogens with zero attached hydrogens (tertiary/aromatic N) is 1. The number of aromatic nitrogens is 1. The average Bonchev–Trinajstić information content (AvgIpc) is 2.25. The first-order valence-corrected chi connectivity index (χ1v) is 5.93. The molecule has 0 aliphatic heterocycles. The molecule has 0 aliphatic carbocycles. The smallest absolute Gasteiger partial charge is 0.306 e. The maximum atomic E-state index is 11.7. The molecule has 0 saturated carbocycles. The van der Waals surface area contributed by atoms with E-state index in [-0.39, 0.29) is 6.54 Å².